The summed E-state index contributed by atoms with van der Waals surface area (Å²) in [5, 5.41) is 0. The molecule has 1 spiro atoms. The van der Waals surface area contributed by atoms with Gasteiger partial charge in [0.1, 0.15) is 5.69 Å². The molecule has 2 aromatic rings. The third-order valence-electron chi connectivity index (χ3n) is 5.66. The average Bonchev–Trinajstić information content (AvgIpc) is 2.72. The van der Waals surface area contributed by atoms with Crippen molar-refractivity contribution in [3.63, 3.8) is 0 Å². The van der Waals surface area contributed by atoms with Crippen molar-refractivity contribution < 1.29 is 9.59 Å². The van der Waals surface area contributed by atoms with Crippen molar-refractivity contribution in [1.29, 1.82) is 0 Å². The first-order valence-electron chi connectivity index (χ1n) is 9.53. The Hall–Kier alpha value is -2.76. The quantitative estimate of drug-likeness (QED) is 0.839. The van der Waals surface area contributed by atoms with Gasteiger partial charge in [-0.25, -0.2) is 0 Å². The van der Waals surface area contributed by atoms with Crippen LogP contribution in [0.3, 0.4) is 0 Å². The molecule has 0 aromatic carbocycles. The third kappa shape index (κ3) is 3.84. The number of pyridine rings is 2. The summed E-state index contributed by atoms with van der Waals surface area (Å²) in [5.41, 5.74) is 1.37. The summed E-state index contributed by atoms with van der Waals surface area (Å²) in [6.07, 6.45) is 6.80. The van der Waals surface area contributed by atoms with Gasteiger partial charge in [-0.15, -0.1) is 0 Å². The third-order valence-corrected chi connectivity index (χ3v) is 5.66. The molecule has 0 unspecified atom stereocenters. The number of aromatic nitrogens is 2. The van der Waals surface area contributed by atoms with E-state index in [0.29, 0.717) is 31.7 Å². The van der Waals surface area contributed by atoms with Crippen molar-refractivity contribution in [2.75, 3.05) is 19.6 Å². The highest BCUT2D eigenvalue weighted by molar-refractivity contribution is 5.92. The molecule has 0 aliphatic carbocycles. The minimum Gasteiger partial charge on any atom is -0.337 e. The fourth-order valence-corrected chi connectivity index (χ4v) is 4.30. The number of hydrogen-bond donors (Lipinski definition) is 0. The first kappa shape index (κ1) is 17.6. The van der Waals surface area contributed by atoms with Crippen LogP contribution in [0.1, 0.15) is 41.9 Å². The Morgan fingerprint density at radius 1 is 1.04 bits per heavy atom. The summed E-state index contributed by atoms with van der Waals surface area (Å²) in [4.78, 5) is 37.7. The molecular weight excluding hydrogens is 340 g/mol. The lowest BCUT2D eigenvalue weighted by Crippen LogP contribution is -2.54. The van der Waals surface area contributed by atoms with Gasteiger partial charge in [-0.2, -0.15) is 0 Å². The standard InChI is InChI=1S/C21H24N4O2/c26-19-8-10-21(16-25(19)14-17-6-1-3-11-22-17)9-5-13-24(15-21)20(27)18-7-2-4-12-23-18/h1-4,6-7,11-12H,5,8-10,13-16H2/t21-/m0/s1. The Labute approximate surface area is 159 Å². The minimum absolute atomic E-state index is 0.0112. The van der Waals surface area contributed by atoms with Gasteiger partial charge in [-0.1, -0.05) is 12.1 Å². The fraction of sp³-hybridized carbons (Fsp3) is 0.429. The molecule has 6 heteroatoms. The van der Waals surface area contributed by atoms with Gasteiger partial charge in [0.05, 0.1) is 12.2 Å². The maximum Gasteiger partial charge on any atom is 0.272 e. The Morgan fingerprint density at radius 3 is 2.59 bits per heavy atom. The molecule has 0 N–H and O–H groups in total. The van der Waals surface area contributed by atoms with Gasteiger partial charge in [0.15, 0.2) is 0 Å². The van der Waals surface area contributed by atoms with Crippen LogP contribution in [0.2, 0.25) is 0 Å². The van der Waals surface area contributed by atoms with Crippen LogP contribution in [0.15, 0.2) is 48.8 Å². The van der Waals surface area contributed by atoms with Crippen molar-refractivity contribution in [3.8, 4) is 0 Å². The van der Waals surface area contributed by atoms with E-state index in [4.69, 9.17) is 0 Å². The highest BCUT2D eigenvalue weighted by Crippen LogP contribution is 2.39. The highest BCUT2D eigenvalue weighted by atomic mass is 16.2. The second-order valence-corrected chi connectivity index (χ2v) is 7.62. The molecule has 2 aliphatic heterocycles. The lowest BCUT2D eigenvalue weighted by molar-refractivity contribution is -0.139. The molecule has 0 saturated carbocycles. The number of likely N-dealkylation sites (tertiary alicyclic amines) is 2. The normalized spacial score (nSPS) is 22.9. The van der Waals surface area contributed by atoms with Crippen LogP contribution in [-0.2, 0) is 11.3 Å². The van der Waals surface area contributed by atoms with E-state index in [2.05, 4.69) is 9.97 Å². The van der Waals surface area contributed by atoms with E-state index in [1.165, 1.54) is 0 Å². The molecule has 4 heterocycles. The predicted molar refractivity (Wildman–Crippen MR) is 101 cm³/mol. The fourth-order valence-electron chi connectivity index (χ4n) is 4.30. The molecule has 6 nitrogen and oxygen atoms in total. The molecule has 27 heavy (non-hydrogen) atoms. The SMILES string of the molecule is O=C1CC[C@]2(CCCN(C(=O)c3ccccn3)C2)CN1Cc1ccccn1. The van der Waals surface area contributed by atoms with Gasteiger partial charge < -0.3 is 9.80 Å². The highest BCUT2D eigenvalue weighted by Gasteiger charge is 2.43. The summed E-state index contributed by atoms with van der Waals surface area (Å²) < 4.78 is 0. The van der Waals surface area contributed by atoms with Gasteiger partial charge in [0, 0.05) is 43.9 Å². The van der Waals surface area contributed by atoms with Crippen LogP contribution in [-0.4, -0.2) is 51.2 Å². The molecule has 2 fully saturated rings. The molecule has 0 radical (unpaired) electrons. The van der Waals surface area contributed by atoms with Gasteiger partial charge in [-0.3, -0.25) is 19.6 Å². The molecular formula is C21H24N4O2. The summed E-state index contributed by atoms with van der Waals surface area (Å²) >= 11 is 0. The molecule has 2 aliphatic rings. The molecule has 1 atom stereocenters. The molecule has 140 valence electrons. The van der Waals surface area contributed by atoms with E-state index < -0.39 is 0 Å². The van der Waals surface area contributed by atoms with Crippen LogP contribution >= 0.6 is 0 Å². The zero-order chi connectivity index (χ0) is 18.7. The van der Waals surface area contributed by atoms with Crippen LogP contribution in [0.4, 0.5) is 0 Å². The summed E-state index contributed by atoms with van der Waals surface area (Å²) in [6.45, 7) is 2.67. The summed E-state index contributed by atoms with van der Waals surface area (Å²) in [6, 6.07) is 11.2. The van der Waals surface area contributed by atoms with Crippen molar-refractivity contribution in [3.05, 3.63) is 60.2 Å². The van der Waals surface area contributed by atoms with Crippen LogP contribution in [0.25, 0.3) is 0 Å². The molecule has 2 aromatic heterocycles. The number of rotatable bonds is 3. The van der Waals surface area contributed by atoms with Gasteiger partial charge >= 0.3 is 0 Å². The lowest BCUT2D eigenvalue weighted by Gasteiger charge is -2.48. The number of piperidine rings is 2. The Balaban J connectivity index is 1.48. The van der Waals surface area contributed by atoms with E-state index >= 15 is 0 Å². The van der Waals surface area contributed by atoms with E-state index in [-0.39, 0.29) is 17.2 Å². The van der Waals surface area contributed by atoms with E-state index in [1.54, 1.807) is 18.5 Å². The lowest BCUT2D eigenvalue weighted by atomic mass is 9.73. The maximum absolute atomic E-state index is 12.8. The monoisotopic (exact) mass is 364 g/mol. The number of amides is 2. The second-order valence-electron chi connectivity index (χ2n) is 7.62. The van der Waals surface area contributed by atoms with Crippen molar-refractivity contribution in [2.45, 2.75) is 32.2 Å². The predicted octanol–water partition coefficient (Wildman–Crippen LogP) is 2.52. The number of carbonyl (C=O) groups is 2. The van der Waals surface area contributed by atoms with Crippen LogP contribution < -0.4 is 0 Å². The van der Waals surface area contributed by atoms with Crippen molar-refractivity contribution in [1.82, 2.24) is 19.8 Å². The largest absolute Gasteiger partial charge is 0.337 e. The smallest absolute Gasteiger partial charge is 0.272 e. The van der Waals surface area contributed by atoms with Gasteiger partial charge in [-0.05, 0) is 43.5 Å². The van der Waals surface area contributed by atoms with E-state index in [9.17, 15) is 9.59 Å². The van der Waals surface area contributed by atoms with E-state index in [0.717, 1.165) is 31.5 Å². The number of carbonyl (C=O) groups excluding carboxylic acids is 2. The first-order valence-corrected chi connectivity index (χ1v) is 9.53. The minimum atomic E-state index is -0.0224. The zero-order valence-electron chi connectivity index (χ0n) is 15.4. The Kier molecular flexibility index (Phi) is 4.88. The molecule has 2 amide bonds. The van der Waals surface area contributed by atoms with Gasteiger partial charge in [0.2, 0.25) is 5.91 Å². The number of hydrogen-bond acceptors (Lipinski definition) is 4. The van der Waals surface area contributed by atoms with E-state index in [1.807, 2.05) is 40.1 Å². The second kappa shape index (κ2) is 7.47. The average molecular weight is 364 g/mol. The van der Waals surface area contributed by atoms with Crippen LogP contribution in [0.5, 0.6) is 0 Å². The topological polar surface area (TPSA) is 66.4 Å². The Morgan fingerprint density at radius 2 is 1.85 bits per heavy atom. The molecule has 4 rings (SSSR count). The van der Waals surface area contributed by atoms with Crippen LogP contribution in [0, 0.1) is 5.41 Å². The zero-order valence-corrected chi connectivity index (χ0v) is 15.4. The summed E-state index contributed by atoms with van der Waals surface area (Å²) in [5.74, 6) is 0.169. The molecule has 2 saturated heterocycles. The van der Waals surface area contributed by atoms with Crippen molar-refractivity contribution >= 4 is 11.8 Å². The number of nitrogens with zero attached hydrogens (tertiary/aromatic N) is 4. The Bertz CT molecular complexity index is 805. The molecule has 0 bridgehead atoms. The first-order chi connectivity index (χ1) is 13.2. The van der Waals surface area contributed by atoms with Crippen molar-refractivity contribution in [2.24, 2.45) is 5.41 Å². The summed E-state index contributed by atoms with van der Waals surface area (Å²) in [7, 11) is 0. The maximum atomic E-state index is 12.8. The van der Waals surface area contributed by atoms with Gasteiger partial charge in [0.25, 0.3) is 5.91 Å².